The molecule has 2 aromatic rings. The molecule has 0 bridgehead atoms. The molecule has 136 valence electrons. The molecule has 1 aliphatic heterocycles. The minimum Gasteiger partial charge on any atom is -0.289 e. The highest BCUT2D eigenvalue weighted by atomic mass is 79.9. The Hall–Kier alpha value is -1.83. The van der Waals surface area contributed by atoms with E-state index in [4.69, 9.17) is 0 Å². The molecule has 2 aromatic carbocycles. The van der Waals surface area contributed by atoms with Crippen LogP contribution in [0.15, 0.2) is 57.9 Å². The summed E-state index contributed by atoms with van der Waals surface area (Å²) in [4.78, 5) is 12.5. The fraction of sp³-hybridized carbons (Fsp3) is 0.211. The van der Waals surface area contributed by atoms with Crippen molar-refractivity contribution in [3.05, 3.63) is 70.0 Å². The molecule has 0 N–H and O–H groups in total. The number of halogens is 2. The first-order chi connectivity index (χ1) is 12.4. The number of hydrogen-bond acceptors (Lipinski definition) is 3. The summed E-state index contributed by atoms with van der Waals surface area (Å²) in [7, 11) is -3.48. The SMILES string of the molecule is O=C(/C=C/c1ccc(F)c(Br)c1)c1ccc(S(=O)(=O)N2CCCC2)cc1. The van der Waals surface area contributed by atoms with Crippen molar-refractivity contribution in [2.45, 2.75) is 17.7 Å². The molecule has 0 spiro atoms. The van der Waals surface area contributed by atoms with Crippen molar-refractivity contribution in [2.75, 3.05) is 13.1 Å². The zero-order valence-corrected chi connectivity index (χ0v) is 16.3. The Balaban J connectivity index is 1.74. The number of carbonyl (C=O) groups excluding carboxylic acids is 1. The molecule has 0 aliphatic carbocycles. The first kappa shape index (κ1) is 18.9. The molecular formula is C19H17BrFNO3S. The normalized spacial score (nSPS) is 15.6. The topological polar surface area (TPSA) is 54.5 Å². The van der Waals surface area contributed by atoms with Gasteiger partial charge in [0.2, 0.25) is 10.0 Å². The zero-order chi connectivity index (χ0) is 18.7. The van der Waals surface area contributed by atoms with Gasteiger partial charge in [-0.2, -0.15) is 4.31 Å². The summed E-state index contributed by atoms with van der Waals surface area (Å²) in [5.41, 5.74) is 1.07. The molecule has 1 fully saturated rings. The maximum absolute atomic E-state index is 13.2. The third kappa shape index (κ3) is 4.11. The Labute approximate surface area is 160 Å². The quantitative estimate of drug-likeness (QED) is 0.518. The molecule has 0 amide bonds. The minimum absolute atomic E-state index is 0.197. The second-order valence-corrected chi connectivity index (χ2v) is 8.80. The van der Waals surface area contributed by atoms with E-state index in [1.54, 1.807) is 18.2 Å². The molecule has 1 heterocycles. The van der Waals surface area contributed by atoms with Crippen molar-refractivity contribution < 1.29 is 17.6 Å². The minimum atomic E-state index is -3.48. The van der Waals surface area contributed by atoms with Gasteiger partial charge < -0.3 is 0 Å². The van der Waals surface area contributed by atoms with E-state index in [-0.39, 0.29) is 16.5 Å². The highest BCUT2D eigenvalue weighted by Crippen LogP contribution is 2.22. The third-order valence-corrected chi connectivity index (χ3v) is 6.73. The lowest BCUT2D eigenvalue weighted by Gasteiger charge is -2.15. The number of carbonyl (C=O) groups is 1. The van der Waals surface area contributed by atoms with Crippen LogP contribution in [0.5, 0.6) is 0 Å². The number of allylic oxidation sites excluding steroid dienone is 1. The largest absolute Gasteiger partial charge is 0.289 e. The third-order valence-electron chi connectivity index (χ3n) is 4.21. The number of benzene rings is 2. The monoisotopic (exact) mass is 437 g/mol. The van der Waals surface area contributed by atoms with E-state index in [2.05, 4.69) is 15.9 Å². The highest BCUT2D eigenvalue weighted by molar-refractivity contribution is 9.10. The second kappa shape index (κ2) is 7.82. The average molecular weight is 438 g/mol. The van der Waals surface area contributed by atoms with E-state index >= 15 is 0 Å². The first-order valence-electron chi connectivity index (χ1n) is 8.15. The van der Waals surface area contributed by atoms with Gasteiger partial charge in [0, 0.05) is 18.7 Å². The van der Waals surface area contributed by atoms with Gasteiger partial charge in [-0.25, -0.2) is 12.8 Å². The maximum atomic E-state index is 13.2. The van der Waals surface area contributed by atoms with E-state index in [1.807, 2.05) is 0 Å². The molecule has 0 unspecified atom stereocenters. The van der Waals surface area contributed by atoms with Gasteiger partial charge in [0.15, 0.2) is 5.78 Å². The van der Waals surface area contributed by atoms with Crippen LogP contribution in [-0.4, -0.2) is 31.6 Å². The van der Waals surface area contributed by atoms with Gasteiger partial charge in [-0.05, 0) is 76.8 Å². The van der Waals surface area contributed by atoms with Crippen LogP contribution in [0.25, 0.3) is 6.08 Å². The fourth-order valence-electron chi connectivity index (χ4n) is 2.75. The van der Waals surface area contributed by atoms with Crippen molar-refractivity contribution in [1.29, 1.82) is 0 Å². The van der Waals surface area contributed by atoms with Crippen LogP contribution < -0.4 is 0 Å². The van der Waals surface area contributed by atoms with Crippen molar-refractivity contribution in [2.24, 2.45) is 0 Å². The molecule has 4 nitrogen and oxygen atoms in total. The highest BCUT2D eigenvalue weighted by Gasteiger charge is 2.27. The lowest BCUT2D eigenvalue weighted by atomic mass is 10.1. The van der Waals surface area contributed by atoms with Crippen LogP contribution in [0.4, 0.5) is 4.39 Å². The van der Waals surface area contributed by atoms with Crippen molar-refractivity contribution in [3.63, 3.8) is 0 Å². The molecule has 26 heavy (non-hydrogen) atoms. The second-order valence-electron chi connectivity index (χ2n) is 6.01. The van der Waals surface area contributed by atoms with E-state index in [9.17, 15) is 17.6 Å². The van der Waals surface area contributed by atoms with Crippen LogP contribution in [0.3, 0.4) is 0 Å². The summed E-state index contributed by atoms with van der Waals surface area (Å²) in [5, 5.41) is 0. The summed E-state index contributed by atoms with van der Waals surface area (Å²) in [6.45, 7) is 1.08. The molecule has 7 heteroatoms. The van der Waals surface area contributed by atoms with Crippen LogP contribution in [0, 0.1) is 5.82 Å². The summed E-state index contributed by atoms with van der Waals surface area (Å²) < 4.78 is 40.0. The Bertz CT molecular complexity index is 949. The first-order valence-corrected chi connectivity index (χ1v) is 10.4. The van der Waals surface area contributed by atoms with Crippen LogP contribution in [-0.2, 0) is 10.0 Å². The predicted molar refractivity (Wildman–Crippen MR) is 102 cm³/mol. The summed E-state index contributed by atoms with van der Waals surface area (Å²) in [6, 6.07) is 10.4. The Morgan fingerprint density at radius 1 is 1.08 bits per heavy atom. The van der Waals surface area contributed by atoms with Gasteiger partial charge in [-0.15, -0.1) is 0 Å². The standard InChI is InChI=1S/C19H17BrFNO3S/c20-17-13-14(3-9-18(17)21)4-10-19(23)15-5-7-16(8-6-15)26(24,25)22-11-1-2-12-22/h3-10,13H,1-2,11-12H2/b10-4+. The number of nitrogens with zero attached hydrogens (tertiary/aromatic N) is 1. The maximum Gasteiger partial charge on any atom is 0.243 e. The molecule has 0 aromatic heterocycles. The molecule has 0 radical (unpaired) electrons. The Morgan fingerprint density at radius 2 is 1.73 bits per heavy atom. The van der Waals surface area contributed by atoms with Crippen molar-refractivity contribution >= 4 is 37.8 Å². The predicted octanol–water partition coefficient (Wildman–Crippen LogP) is 4.27. The number of sulfonamides is 1. The van der Waals surface area contributed by atoms with Gasteiger partial charge in [-0.3, -0.25) is 4.79 Å². The summed E-state index contributed by atoms with van der Waals surface area (Å²) >= 11 is 3.10. The van der Waals surface area contributed by atoms with Crippen LogP contribution in [0.2, 0.25) is 0 Å². The van der Waals surface area contributed by atoms with Gasteiger partial charge >= 0.3 is 0 Å². The van der Waals surface area contributed by atoms with E-state index in [1.165, 1.54) is 40.7 Å². The number of rotatable bonds is 5. The molecule has 1 saturated heterocycles. The van der Waals surface area contributed by atoms with Gasteiger partial charge in [-0.1, -0.05) is 12.1 Å². The average Bonchev–Trinajstić information content (AvgIpc) is 3.18. The number of ketones is 1. The van der Waals surface area contributed by atoms with Crippen LogP contribution in [0.1, 0.15) is 28.8 Å². The zero-order valence-electron chi connectivity index (χ0n) is 13.9. The lowest BCUT2D eigenvalue weighted by molar-refractivity contribution is 0.104. The van der Waals surface area contributed by atoms with Gasteiger partial charge in [0.25, 0.3) is 0 Å². The van der Waals surface area contributed by atoms with E-state index < -0.39 is 10.0 Å². The molecule has 0 atom stereocenters. The Kier molecular flexibility index (Phi) is 5.70. The fourth-order valence-corrected chi connectivity index (χ4v) is 4.67. The van der Waals surface area contributed by atoms with Crippen molar-refractivity contribution in [3.8, 4) is 0 Å². The summed E-state index contributed by atoms with van der Waals surface area (Å²) in [6.07, 6.45) is 4.71. The molecule has 0 saturated carbocycles. The number of hydrogen-bond donors (Lipinski definition) is 0. The van der Waals surface area contributed by atoms with E-state index in [0.717, 1.165) is 12.8 Å². The lowest BCUT2D eigenvalue weighted by Crippen LogP contribution is -2.27. The Morgan fingerprint density at radius 3 is 2.35 bits per heavy atom. The van der Waals surface area contributed by atoms with Gasteiger partial charge in [0.1, 0.15) is 5.82 Å². The molecule has 1 aliphatic rings. The summed E-state index contributed by atoms with van der Waals surface area (Å²) in [5.74, 6) is -0.626. The van der Waals surface area contributed by atoms with Crippen molar-refractivity contribution in [1.82, 2.24) is 4.31 Å². The molecular weight excluding hydrogens is 421 g/mol. The van der Waals surface area contributed by atoms with Crippen LogP contribution >= 0.6 is 15.9 Å². The van der Waals surface area contributed by atoms with Gasteiger partial charge in [0.05, 0.1) is 9.37 Å². The molecule has 3 rings (SSSR count). The smallest absolute Gasteiger partial charge is 0.243 e. The van der Waals surface area contributed by atoms with E-state index in [0.29, 0.717) is 28.7 Å².